The van der Waals surface area contributed by atoms with Crippen molar-refractivity contribution in [3.63, 3.8) is 0 Å². The first-order chi connectivity index (χ1) is 11.9. The van der Waals surface area contributed by atoms with E-state index in [1.54, 1.807) is 48.5 Å². The lowest BCUT2D eigenvalue weighted by molar-refractivity contribution is -0.309. The smallest absolute Gasteiger partial charge is 0.197 e. The van der Waals surface area contributed by atoms with Crippen LogP contribution in [0.3, 0.4) is 0 Å². The molecule has 1 heterocycles. The second-order valence-corrected chi connectivity index (χ2v) is 7.34. The fraction of sp³-hybridized carbons (Fsp3) is 0.105. The summed E-state index contributed by atoms with van der Waals surface area (Å²) in [7, 11) is -3.65. The second kappa shape index (κ2) is 6.57. The van der Waals surface area contributed by atoms with Gasteiger partial charge in [0.05, 0.1) is 34.2 Å². The van der Waals surface area contributed by atoms with Crippen molar-refractivity contribution in [3.05, 3.63) is 82.6 Å². The summed E-state index contributed by atoms with van der Waals surface area (Å²) in [5, 5.41) is 13.7. The number of carboxylic acids is 1. The topological polar surface area (TPSA) is 77.5 Å². The van der Waals surface area contributed by atoms with Gasteiger partial charge in [0.15, 0.2) is 9.84 Å². The van der Waals surface area contributed by atoms with Gasteiger partial charge in [0.2, 0.25) is 0 Å². The summed E-state index contributed by atoms with van der Waals surface area (Å²) in [6.07, 6.45) is 0. The molecule has 2 aromatic carbocycles. The van der Waals surface area contributed by atoms with Gasteiger partial charge in [-0.15, -0.1) is 0 Å². The van der Waals surface area contributed by atoms with Gasteiger partial charge in [-0.1, -0.05) is 60.7 Å². The van der Waals surface area contributed by atoms with Crippen LogP contribution in [0.5, 0.6) is 0 Å². The molecule has 128 valence electrons. The molecule has 1 aliphatic heterocycles. The third kappa shape index (κ3) is 3.49. The van der Waals surface area contributed by atoms with Gasteiger partial charge in [-0.25, -0.2) is 8.42 Å². The molecule has 0 aliphatic carbocycles. The van der Waals surface area contributed by atoms with Crippen molar-refractivity contribution in [1.82, 2.24) is 4.90 Å². The molecule has 0 saturated heterocycles. The second-order valence-electron chi connectivity index (χ2n) is 5.69. The minimum absolute atomic E-state index is 0.304. The summed E-state index contributed by atoms with van der Waals surface area (Å²) in [6.45, 7) is 1.47. The van der Waals surface area contributed by atoms with Crippen molar-refractivity contribution in [1.29, 1.82) is 0 Å². The van der Waals surface area contributed by atoms with Crippen molar-refractivity contribution >= 4 is 27.2 Å². The number of hydrogen-bond acceptors (Lipinski definition) is 5. The van der Waals surface area contributed by atoms with E-state index in [0.29, 0.717) is 22.5 Å². The average molecular weight is 354 g/mol. The van der Waals surface area contributed by atoms with Crippen LogP contribution in [0.1, 0.15) is 18.1 Å². The largest absolute Gasteiger partial charge is 0.548 e. The lowest BCUT2D eigenvalue weighted by Gasteiger charge is -2.37. The molecule has 5 nitrogen and oxygen atoms in total. The van der Waals surface area contributed by atoms with E-state index in [4.69, 9.17) is 0 Å². The Balaban J connectivity index is 2.23. The van der Waals surface area contributed by atoms with Gasteiger partial charge in [0.1, 0.15) is 0 Å². The summed E-state index contributed by atoms with van der Waals surface area (Å²) in [6, 6.07) is 16.6. The van der Waals surface area contributed by atoms with Crippen molar-refractivity contribution < 1.29 is 18.3 Å². The Kier molecular flexibility index (Phi) is 4.46. The predicted octanol–water partition coefficient (Wildman–Crippen LogP) is 1.85. The first-order valence-electron chi connectivity index (χ1n) is 7.68. The Morgan fingerprint density at radius 2 is 1.28 bits per heavy atom. The van der Waals surface area contributed by atoms with Crippen LogP contribution in [0.4, 0.5) is 0 Å². The van der Waals surface area contributed by atoms with Crippen LogP contribution in [-0.4, -0.2) is 25.3 Å². The molecule has 3 rings (SSSR count). The minimum Gasteiger partial charge on any atom is -0.548 e. The molecule has 0 fully saturated rings. The molecule has 0 bridgehead atoms. The molecule has 1 unspecified atom stereocenters. The van der Waals surface area contributed by atoms with E-state index in [1.165, 1.54) is 11.8 Å². The number of hydrogen-bond donors (Lipinski definition) is 0. The van der Waals surface area contributed by atoms with E-state index in [2.05, 4.69) is 0 Å². The molecule has 2 aromatic rings. The van der Waals surface area contributed by atoms with Crippen LogP contribution in [-0.2, 0) is 14.6 Å². The van der Waals surface area contributed by atoms with Gasteiger partial charge in [-0.3, -0.25) is 0 Å². The summed E-state index contributed by atoms with van der Waals surface area (Å²) in [5.41, 5.74) is 1.83. The number of aliphatic carboxylic acids is 1. The highest BCUT2D eigenvalue weighted by molar-refractivity contribution is 7.97. The molecular formula is C19H16NO4S-. The molecule has 0 spiro atoms. The van der Waals surface area contributed by atoms with E-state index in [9.17, 15) is 18.3 Å². The standard InChI is InChI=1S/C19H17NO4S/c1-14(19(21)22)20-17(15-8-4-2-5-9-15)12-25(23,24)13-18(20)16-10-6-3-7-11-16/h2-14H,1H3,(H,21,22)/p-1. The minimum atomic E-state index is -3.65. The lowest BCUT2D eigenvalue weighted by atomic mass is 10.1. The number of carbonyl (C=O) groups excluding carboxylic acids is 1. The van der Waals surface area contributed by atoms with Crippen LogP contribution >= 0.6 is 0 Å². The average Bonchev–Trinajstić information content (AvgIpc) is 2.61. The summed E-state index contributed by atoms with van der Waals surface area (Å²) < 4.78 is 24.8. The van der Waals surface area contributed by atoms with Crippen LogP contribution < -0.4 is 5.11 Å². The van der Waals surface area contributed by atoms with Gasteiger partial charge in [-0.05, 0) is 18.1 Å². The number of sulfone groups is 1. The van der Waals surface area contributed by atoms with Gasteiger partial charge < -0.3 is 14.8 Å². The van der Waals surface area contributed by atoms with Gasteiger partial charge in [-0.2, -0.15) is 0 Å². The Morgan fingerprint density at radius 3 is 1.64 bits per heavy atom. The van der Waals surface area contributed by atoms with E-state index < -0.39 is 21.8 Å². The van der Waals surface area contributed by atoms with Crippen molar-refractivity contribution in [2.45, 2.75) is 13.0 Å². The monoisotopic (exact) mass is 354 g/mol. The highest BCUT2D eigenvalue weighted by Crippen LogP contribution is 2.36. The Labute approximate surface area is 146 Å². The zero-order valence-corrected chi connectivity index (χ0v) is 14.3. The third-order valence-corrected chi connectivity index (χ3v) is 5.04. The molecule has 0 radical (unpaired) electrons. The van der Waals surface area contributed by atoms with Crippen LogP contribution in [0, 0.1) is 0 Å². The number of rotatable bonds is 4. The fourth-order valence-corrected chi connectivity index (χ4v) is 3.93. The number of carbonyl (C=O) groups is 1. The van der Waals surface area contributed by atoms with E-state index in [-0.39, 0.29) is 0 Å². The van der Waals surface area contributed by atoms with E-state index in [1.807, 2.05) is 12.1 Å². The highest BCUT2D eigenvalue weighted by Gasteiger charge is 2.30. The van der Waals surface area contributed by atoms with Crippen LogP contribution in [0.25, 0.3) is 11.4 Å². The van der Waals surface area contributed by atoms with Crippen LogP contribution in [0.15, 0.2) is 71.5 Å². The quantitative estimate of drug-likeness (QED) is 0.837. The van der Waals surface area contributed by atoms with Gasteiger partial charge in [0, 0.05) is 0 Å². The fourth-order valence-electron chi connectivity index (χ4n) is 2.74. The van der Waals surface area contributed by atoms with Gasteiger partial charge in [0.25, 0.3) is 0 Å². The number of benzene rings is 2. The normalized spacial score (nSPS) is 17.4. The molecule has 0 aromatic heterocycles. The van der Waals surface area contributed by atoms with Crippen molar-refractivity contribution in [2.24, 2.45) is 0 Å². The Hall–Kier alpha value is -2.86. The highest BCUT2D eigenvalue weighted by atomic mass is 32.2. The van der Waals surface area contributed by atoms with E-state index in [0.717, 1.165) is 10.8 Å². The molecule has 0 saturated carbocycles. The number of carboxylic acid groups (broad SMARTS) is 1. The summed E-state index contributed by atoms with van der Waals surface area (Å²) in [5.74, 6) is -1.29. The molecule has 0 amide bonds. The lowest BCUT2D eigenvalue weighted by Crippen LogP contribution is -2.45. The summed E-state index contributed by atoms with van der Waals surface area (Å²) in [4.78, 5) is 13.0. The molecule has 25 heavy (non-hydrogen) atoms. The number of nitrogens with zero attached hydrogens (tertiary/aromatic N) is 1. The maximum atomic E-state index is 12.4. The summed E-state index contributed by atoms with van der Waals surface area (Å²) >= 11 is 0. The first-order valence-corrected chi connectivity index (χ1v) is 9.29. The zero-order valence-electron chi connectivity index (χ0n) is 13.5. The molecule has 1 atom stereocenters. The molecular weight excluding hydrogens is 338 g/mol. The maximum Gasteiger partial charge on any atom is 0.197 e. The third-order valence-electron chi connectivity index (χ3n) is 3.94. The maximum absolute atomic E-state index is 12.4. The predicted molar refractivity (Wildman–Crippen MR) is 94.1 cm³/mol. The molecule has 1 aliphatic rings. The SMILES string of the molecule is CC(C(=O)[O-])N1C(c2ccccc2)=CS(=O)(=O)C=C1c1ccccc1. The van der Waals surface area contributed by atoms with Gasteiger partial charge >= 0.3 is 0 Å². The van der Waals surface area contributed by atoms with Crippen molar-refractivity contribution in [2.75, 3.05) is 0 Å². The molecule has 0 N–H and O–H groups in total. The van der Waals surface area contributed by atoms with E-state index >= 15 is 0 Å². The first kappa shape index (κ1) is 17.0. The van der Waals surface area contributed by atoms with Crippen LogP contribution in [0.2, 0.25) is 0 Å². The Bertz CT molecular complexity index is 884. The molecule has 6 heteroatoms. The Morgan fingerprint density at radius 1 is 0.880 bits per heavy atom. The van der Waals surface area contributed by atoms with Crippen molar-refractivity contribution in [3.8, 4) is 0 Å². The zero-order chi connectivity index (χ0) is 18.0.